The normalized spacial score (nSPS) is 36.3. The van der Waals surface area contributed by atoms with Crippen LogP contribution in [0.5, 0.6) is 0 Å². The highest BCUT2D eigenvalue weighted by Gasteiger charge is 2.35. The van der Waals surface area contributed by atoms with E-state index in [2.05, 4.69) is 5.32 Å². The molecular weight excluding hydrogens is 126 g/mol. The van der Waals surface area contributed by atoms with Gasteiger partial charge in [0.25, 0.3) is 0 Å². The predicted octanol–water partition coefficient (Wildman–Crippen LogP) is 0.509. The Morgan fingerprint density at radius 3 is 2.60 bits per heavy atom. The molecule has 0 amide bonds. The third-order valence-electron chi connectivity index (χ3n) is 2.62. The van der Waals surface area contributed by atoms with E-state index < -0.39 is 0 Å². The summed E-state index contributed by atoms with van der Waals surface area (Å²) in [4.78, 5) is 0. The Morgan fingerprint density at radius 2 is 2.10 bits per heavy atom. The molecule has 0 radical (unpaired) electrons. The Kier molecular flexibility index (Phi) is 1.66. The Balaban J connectivity index is 1.84. The summed E-state index contributed by atoms with van der Waals surface area (Å²) >= 11 is 0. The lowest BCUT2D eigenvalue weighted by atomic mass is 10.1. The molecule has 1 unspecified atom stereocenters. The van der Waals surface area contributed by atoms with Crippen LogP contribution >= 0.6 is 0 Å². The van der Waals surface area contributed by atoms with E-state index in [1.54, 1.807) is 0 Å². The first-order valence-electron chi connectivity index (χ1n) is 4.29. The largest absolute Gasteiger partial charge is 0.391 e. The molecule has 2 N–H and O–H groups in total. The molecule has 1 saturated heterocycles. The van der Waals surface area contributed by atoms with Crippen LogP contribution in [0.4, 0.5) is 0 Å². The molecule has 2 fully saturated rings. The predicted molar refractivity (Wildman–Crippen MR) is 39.8 cm³/mol. The summed E-state index contributed by atoms with van der Waals surface area (Å²) in [5.41, 5.74) is 0. The smallest absolute Gasteiger partial charge is 0.0721 e. The van der Waals surface area contributed by atoms with E-state index in [9.17, 15) is 5.11 Å². The van der Waals surface area contributed by atoms with Gasteiger partial charge in [-0.05, 0) is 38.1 Å². The van der Waals surface area contributed by atoms with Crippen LogP contribution in [0.2, 0.25) is 0 Å². The second-order valence-corrected chi connectivity index (χ2v) is 3.53. The van der Waals surface area contributed by atoms with Crippen molar-refractivity contribution in [2.24, 2.45) is 5.92 Å². The topological polar surface area (TPSA) is 32.3 Å². The molecule has 0 spiro atoms. The molecule has 2 nitrogen and oxygen atoms in total. The lowest BCUT2D eigenvalue weighted by molar-refractivity contribution is 0.114. The number of rotatable bonds is 2. The fourth-order valence-electron chi connectivity index (χ4n) is 1.77. The van der Waals surface area contributed by atoms with Gasteiger partial charge in [-0.3, -0.25) is 0 Å². The monoisotopic (exact) mass is 141 g/mol. The van der Waals surface area contributed by atoms with Crippen molar-refractivity contribution >= 4 is 0 Å². The second-order valence-electron chi connectivity index (χ2n) is 3.53. The van der Waals surface area contributed by atoms with Gasteiger partial charge in [0.05, 0.1) is 6.10 Å². The van der Waals surface area contributed by atoms with Crippen LogP contribution in [-0.4, -0.2) is 23.8 Å². The molecule has 2 heteroatoms. The molecule has 2 aliphatic rings. The van der Waals surface area contributed by atoms with Gasteiger partial charge in [0.15, 0.2) is 0 Å². The molecule has 0 bridgehead atoms. The summed E-state index contributed by atoms with van der Waals surface area (Å²) in [5, 5.41) is 13.0. The summed E-state index contributed by atoms with van der Waals surface area (Å²) in [7, 11) is 0. The minimum absolute atomic E-state index is 0.0394. The number of aliphatic hydroxyl groups is 1. The lowest BCUT2D eigenvalue weighted by Crippen LogP contribution is -2.35. The van der Waals surface area contributed by atoms with Crippen molar-refractivity contribution in [3.63, 3.8) is 0 Å². The van der Waals surface area contributed by atoms with Gasteiger partial charge in [-0.15, -0.1) is 0 Å². The zero-order chi connectivity index (χ0) is 6.97. The highest BCUT2D eigenvalue weighted by Crippen LogP contribution is 2.35. The number of nitrogens with one attached hydrogen (secondary N) is 1. The van der Waals surface area contributed by atoms with Gasteiger partial charge in [-0.1, -0.05) is 0 Å². The highest BCUT2D eigenvalue weighted by atomic mass is 16.3. The minimum atomic E-state index is -0.0394. The van der Waals surface area contributed by atoms with Gasteiger partial charge in [0, 0.05) is 6.04 Å². The molecule has 1 saturated carbocycles. The Morgan fingerprint density at radius 1 is 1.30 bits per heavy atom. The molecule has 0 aromatic heterocycles. The van der Waals surface area contributed by atoms with E-state index in [4.69, 9.17) is 0 Å². The van der Waals surface area contributed by atoms with E-state index in [1.807, 2.05) is 0 Å². The molecular formula is C8H15NO. The van der Waals surface area contributed by atoms with E-state index in [1.165, 1.54) is 25.7 Å². The van der Waals surface area contributed by atoms with Crippen molar-refractivity contribution in [1.82, 2.24) is 5.32 Å². The first kappa shape index (κ1) is 6.62. The van der Waals surface area contributed by atoms with Gasteiger partial charge >= 0.3 is 0 Å². The van der Waals surface area contributed by atoms with Crippen molar-refractivity contribution < 1.29 is 5.11 Å². The van der Waals surface area contributed by atoms with E-state index in [0.29, 0.717) is 12.0 Å². The van der Waals surface area contributed by atoms with Crippen LogP contribution in [0.3, 0.4) is 0 Å². The fourth-order valence-corrected chi connectivity index (χ4v) is 1.77. The average molecular weight is 141 g/mol. The van der Waals surface area contributed by atoms with Gasteiger partial charge < -0.3 is 10.4 Å². The zero-order valence-electron chi connectivity index (χ0n) is 6.21. The third-order valence-corrected chi connectivity index (χ3v) is 2.62. The van der Waals surface area contributed by atoms with Crippen molar-refractivity contribution in [3.05, 3.63) is 0 Å². The molecule has 10 heavy (non-hydrogen) atoms. The molecule has 1 heterocycles. The molecule has 1 aliphatic heterocycles. The molecule has 0 aromatic carbocycles. The first-order chi connectivity index (χ1) is 4.88. The van der Waals surface area contributed by atoms with Crippen molar-refractivity contribution in [3.8, 4) is 0 Å². The Labute approximate surface area is 61.6 Å². The van der Waals surface area contributed by atoms with E-state index >= 15 is 0 Å². The van der Waals surface area contributed by atoms with Crippen LogP contribution in [0.1, 0.15) is 25.7 Å². The molecule has 2 rings (SSSR count). The lowest BCUT2D eigenvalue weighted by Gasteiger charge is -2.16. The van der Waals surface area contributed by atoms with Crippen LogP contribution < -0.4 is 5.32 Å². The van der Waals surface area contributed by atoms with E-state index in [0.717, 1.165) is 6.54 Å². The van der Waals surface area contributed by atoms with Gasteiger partial charge in [0.2, 0.25) is 0 Å². The SMILES string of the molecule is OC(C1CC1)[C@H]1CCCN1. The Hall–Kier alpha value is -0.0800. The Bertz CT molecular complexity index is 116. The van der Waals surface area contributed by atoms with Crippen molar-refractivity contribution in [1.29, 1.82) is 0 Å². The highest BCUT2D eigenvalue weighted by molar-refractivity contribution is 4.91. The molecule has 0 aromatic rings. The van der Waals surface area contributed by atoms with Gasteiger partial charge in [-0.25, -0.2) is 0 Å². The average Bonchev–Trinajstić information content (AvgIpc) is 2.65. The molecule has 58 valence electrons. The minimum Gasteiger partial charge on any atom is -0.391 e. The van der Waals surface area contributed by atoms with Crippen molar-refractivity contribution in [2.45, 2.75) is 37.8 Å². The summed E-state index contributed by atoms with van der Waals surface area (Å²) in [6.45, 7) is 1.11. The van der Waals surface area contributed by atoms with Crippen LogP contribution in [-0.2, 0) is 0 Å². The second kappa shape index (κ2) is 2.51. The maximum absolute atomic E-state index is 9.63. The van der Waals surface area contributed by atoms with E-state index in [-0.39, 0.29) is 6.10 Å². The number of hydrogen-bond donors (Lipinski definition) is 2. The first-order valence-corrected chi connectivity index (χ1v) is 4.29. The molecule has 2 atom stereocenters. The maximum Gasteiger partial charge on any atom is 0.0721 e. The summed E-state index contributed by atoms with van der Waals surface area (Å²) in [6, 6.07) is 0.424. The molecule has 1 aliphatic carbocycles. The number of aliphatic hydroxyl groups excluding tert-OH is 1. The summed E-state index contributed by atoms with van der Waals surface area (Å²) in [5.74, 6) is 0.635. The standard InChI is InChI=1S/C8H15NO/c10-8(6-3-4-6)7-2-1-5-9-7/h6-10H,1-5H2/t7-,8?/m1/s1. The maximum atomic E-state index is 9.63. The van der Waals surface area contributed by atoms with Crippen LogP contribution in [0.15, 0.2) is 0 Å². The van der Waals surface area contributed by atoms with Gasteiger partial charge in [0.1, 0.15) is 0 Å². The third kappa shape index (κ3) is 1.18. The van der Waals surface area contributed by atoms with Crippen LogP contribution in [0, 0.1) is 5.92 Å². The summed E-state index contributed by atoms with van der Waals surface area (Å²) < 4.78 is 0. The fraction of sp³-hybridized carbons (Fsp3) is 1.00. The number of hydrogen-bond acceptors (Lipinski definition) is 2. The zero-order valence-corrected chi connectivity index (χ0v) is 6.21. The van der Waals surface area contributed by atoms with Crippen LogP contribution in [0.25, 0.3) is 0 Å². The van der Waals surface area contributed by atoms with Crippen molar-refractivity contribution in [2.75, 3.05) is 6.54 Å². The van der Waals surface area contributed by atoms with Gasteiger partial charge in [-0.2, -0.15) is 0 Å². The quantitative estimate of drug-likeness (QED) is 0.587. The summed E-state index contributed by atoms with van der Waals surface area (Å²) in [6.07, 6.45) is 4.88.